The van der Waals surface area contributed by atoms with Crippen LogP contribution >= 0.6 is 0 Å². The zero-order valence-electron chi connectivity index (χ0n) is 41.9. The summed E-state index contributed by atoms with van der Waals surface area (Å²) in [6, 6.07) is 64.2. The highest BCUT2D eigenvalue weighted by Gasteiger charge is 2.38. The molecule has 0 aliphatic heterocycles. The maximum atomic E-state index is 11.6. The number of hydrogen-bond acceptors (Lipinski definition) is 6. The summed E-state index contributed by atoms with van der Waals surface area (Å²) in [5.74, 6) is 0. The van der Waals surface area contributed by atoms with Gasteiger partial charge in [-0.3, -0.25) is 0 Å². The maximum Gasteiger partial charge on any atom is 0.137 e. The van der Waals surface area contributed by atoms with E-state index in [1.165, 1.54) is 44.5 Å². The lowest BCUT2D eigenvalue weighted by Gasteiger charge is -2.32. The first-order chi connectivity index (χ1) is 34.5. The van der Waals surface area contributed by atoms with Crippen LogP contribution in [0.15, 0.2) is 191 Å². The van der Waals surface area contributed by atoms with E-state index >= 15 is 0 Å². The van der Waals surface area contributed by atoms with Gasteiger partial charge in [0.25, 0.3) is 0 Å². The van der Waals surface area contributed by atoms with Gasteiger partial charge in [0.1, 0.15) is 22.3 Å². The molecule has 2 aliphatic carbocycles. The van der Waals surface area contributed by atoms with E-state index in [2.05, 4.69) is 183 Å². The first-order valence-electron chi connectivity index (χ1n) is 25.0. The van der Waals surface area contributed by atoms with Crippen LogP contribution in [0.3, 0.4) is 0 Å². The molecule has 2 aromatic heterocycles. The lowest BCUT2D eigenvalue weighted by Crippen LogP contribution is -2.22. The van der Waals surface area contributed by atoms with Crippen LogP contribution in [-0.4, -0.2) is 10.2 Å². The zero-order chi connectivity index (χ0) is 49.6. The van der Waals surface area contributed by atoms with Gasteiger partial charge in [0.2, 0.25) is 0 Å². The van der Waals surface area contributed by atoms with Crippen LogP contribution in [0.25, 0.3) is 66.1 Å². The van der Waals surface area contributed by atoms with Gasteiger partial charge in [0.05, 0.1) is 22.6 Å². The number of aliphatic hydroxyl groups is 2. The molecule has 0 fully saturated rings. The molecule has 0 amide bonds. The smallest absolute Gasteiger partial charge is 0.137 e. The van der Waals surface area contributed by atoms with Crippen LogP contribution in [0.1, 0.15) is 88.8 Å². The first-order valence-corrected chi connectivity index (χ1v) is 25.0. The van der Waals surface area contributed by atoms with Gasteiger partial charge in [-0.2, -0.15) is 0 Å². The van der Waals surface area contributed by atoms with E-state index in [-0.39, 0.29) is 10.8 Å². The van der Waals surface area contributed by atoms with E-state index in [0.29, 0.717) is 0 Å². The molecule has 6 heteroatoms. The molecule has 0 atom stereocenters. The summed E-state index contributed by atoms with van der Waals surface area (Å²) in [5, 5.41) is 27.1. The second-order valence-electron chi connectivity index (χ2n) is 22.0. The first kappa shape index (κ1) is 44.1. The topological polar surface area (TPSA) is 73.2 Å². The summed E-state index contributed by atoms with van der Waals surface area (Å²) in [5.41, 5.74) is 17.9. The Hall–Kier alpha value is -7.90. The Morgan fingerprint density at radius 2 is 0.681 bits per heavy atom. The average Bonchev–Trinajstić information content (AvgIpc) is 4.04. The van der Waals surface area contributed by atoms with Gasteiger partial charge < -0.3 is 28.8 Å². The Morgan fingerprint density at radius 3 is 1.10 bits per heavy atom. The number of furan rings is 2. The Kier molecular flexibility index (Phi) is 9.37. The normalized spacial score (nSPS) is 14.5. The van der Waals surface area contributed by atoms with Crippen LogP contribution in [0.5, 0.6) is 0 Å². The highest BCUT2D eigenvalue weighted by Crippen LogP contribution is 2.54. The fraction of sp³-hybridized carbons (Fsp3) is 0.182. The molecule has 0 spiro atoms. The molecule has 354 valence electrons. The molecular formula is C66H56N2O4. The van der Waals surface area contributed by atoms with Crippen molar-refractivity contribution in [2.24, 2.45) is 0 Å². The SMILES string of the molecule is CC(C)(O)c1ccccc1N(c1ccc2c(c1)C(C)(C)c1ccccc1-2)c1ccc2c(c1)oc1cc3c(cc12)oc1cc(N(c2ccc4c(c2)C(C)(C)c2ccccc2-4)c2ccccc2C(C)(C)O)ccc13. The zero-order valence-corrected chi connectivity index (χ0v) is 41.9. The minimum Gasteiger partial charge on any atom is -0.456 e. The molecule has 13 rings (SSSR count). The van der Waals surface area contributed by atoms with E-state index in [1.54, 1.807) is 0 Å². The number of benzene rings is 9. The summed E-state index contributed by atoms with van der Waals surface area (Å²) < 4.78 is 13.7. The molecule has 0 saturated carbocycles. The number of anilines is 6. The van der Waals surface area contributed by atoms with Crippen molar-refractivity contribution in [2.45, 2.75) is 77.4 Å². The number of rotatable bonds is 8. The molecule has 2 N–H and O–H groups in total. The second kappa shape index (κ2) is 15.3. The molecule has 0 bridgehead atoms. The molecular weight excluding hydrogens is 885 g/mol. The Balaban J connectivity index is 0.929. The van der Waals surface area contributed by atoms with Crippen molar-refractivity contribution in [3.05, 3.63) is 215 Å². The summed E-state index contributed by atoms with van der Waals surface area (Å²) in [4.78, 5) is 4.50. The maximum absolute atomic E-state index is 11.6. The third kappa shape index (κ3) is 6.55. The fourth-order valence-electron chi connectivity index (χ4n) is 12.2. The summed E-state index contributed by atoms with van der Waals surface area (Å²) in [6.45, 7) is 16.6. The van der Waals surface area contributed by atoms with Gasteiger partial charge >= 0.3 is 0 Å². The molecule has 2 heterocycles. The lowest BCUT2D eigenvalue weighted by atomic mass is 9.82. The molecule has 0 unspecified atom stereocenters. The van der Waals surface area contributed by atoms with E-state index in [4.69, 9.17) is 8.83 Å². The van der Waals surface area contributed by atoms with Crippen LogP contribution < -0.4 is 9.80 Å². The predicted molar refractivity (Wildman–Crippen MR) is 296 cm³/mol. The van der Waals surface area contributed by atoms with Crippen molar-refractivity contribution in [3.8, 4) is 22.3 Å². The van der Waals surface area contributed by atoms with Crippen molar-refractivity contribution < 1.29 is 19.0 Å². The highest BCUT2D eigenvalue weighted by molar-refractivity contribution is 6.15. The summed E-state index contributed by atoms with van der Waals surface area (Å²) in [6.07, 6.45) is 0. The van der Waals surface area contributed by atoms with Crippen LogP contribution in [0.4, 0.5) is 34.1 Å². The molecule has 11 aromatic rings. The third-order valence-corrected chi connectivity index (χ3v) is 15.8. The Morgan fingerprint density at radius 1 is 0.347 bits per heavy atom. The molecule has 0 radical (unpaired) electrons. The van der Waals surface area contributed by atoms with Gasteiger partial charge in [0.15, 0.2) is 0 Å². The molecule has 6 nitrogen and oxygen atoms in total. The molecule has 72 heavy (non-hydrogen) atoms. The quantitative estimate of drug-likeness (QED) is 0.158. The number of hydrogen-bond donors (Lipinski definition) is 2. The minimum atomic E-state index is -1.10. The van der Waals surface area contributed by atoms with E-state index in [1.807, 2.05) is 64.1 Å². The fourth-order valence-corrected chi connectivity index (χ4v) is 12.2. The monoisotopic (exact) mass is 940 g/mol. The van der Waals surface area contributed by atoms with Crippen molar-refractivity contribution in [3.63, 3.8) is 0 Å². The van der Waals surface area contributed by atoms with Crippen molar-refractivity contribution in [1.29, 1.82) is 0 Å². The number of nitrogens with zero attached hydrogens (tertiary/aromatic N) is 2. The van der Waals surface area contributed by atoms with Crippen LogP contribution in [0, 0.1) is 0 Å². The Labute approximate surface area is 420 Å². The van der Waals surface area contributed by atoms with Crippen molar-refractivity contribution in [2.75, 3.05) is 9.80 Å². The second-order valence-corrected chi connectivity index (χ2v) is 22.0. The van der Waals surface area contributed by atoms with Crippen LogP contribution in [0.2, 0.25) is 0 Å². The van der Waals surface area contributed by atoms with Gasteiger partial charge in [-0.25, -0.2) is 0 Å². The van der Waals surface area contributed by atoms with E-state index in [9.17, 15) is 10.2 Å². The van der Waals surface area contributed by atoms with E-state index < -0.39 is 11.2 Å². The van der Waals surface area contributed by atoms with E-state index in [0.717, 1.165) is 89.1 Å². The van der Waals surface area contributed by atoms with Crippen LogP contribution in [-0.2, 0) is 22.0 Å². The number of para-hydroxylation sites is 2. The Bertz CT molecular complexity index is 3780. The third-order valence-electron chi connectivity index (χ3n) is 15.8. The highest BCUT2D eigenvalue weighted by atomic mass is 16.3. The largest absolute Gasteiger partial charge is 0.456 e. The van der Waals surface area contributed by atoms with Crippen molar-refractivity contribution in [1.82, 2.24) is 0 Å². The predicted octanol–water partition coefficient (Wildman–Crippen LogP) is 17.5. The minimum absolute atomic E-state index is 0.191. The summed E-state index contributed by atoms with van der Waals surface area (Å²) >= 11 is 0. The number of fused-ring (bicyclic) bond motifs is 12. The molecule has 9 aromatic carbocycles. The summed E-state index contributed by atoms with van der Waals surface area (Å²) in [7, 11) is 0. The molecule has 2 aliphatic rings. The average molecular weight is 941 g/mol. The van der Waals surface area contributed by atoms with Gasteiger partial charge in [-0.15, -0.1) is 0 Å². The van der Waals surface area contributed by atoms with Gasteiger partial charge in [0, 0.05) is 78.4 Å². The molecule has 0 saturated heterocycles. The van der Waals surface area contributed by atoms with Gasteiger partial charge in [-0.1, -0.05) is 125 Å². The van der Waals surface area contributed by atoms with Crippen molar-refractivity contribution >= 4 is 78.0 Å². The van der Waals surface area contributed by atoms with Gasteiger partial charge in [-0.05, 0) is 145 Å². The standard InChI is InChI=1S/C66H56N2O4/c1-63(2)51-19-11-9-17-43(51)45-29-25-39(33-55(45)63)67(57-23-15-13-21-53(57)65(5,6)69)41-27-31-47-49-37-62-50(38-61(49)71-59(47)35-41)48-32-28-42(36-60(48)72-62)68(58-24-16-14-22-54(58)66(7,8)70)40-26-30-46-44-18-10-12-20-52(44)64(3,4)56(46)34-40/h9-38,69-70H,1-8H3. The lowest BCUT2D eigenvalue weighted by molar-refractivity contribution is 0.0786.